The van der Waals surface area contributed by atoms with E-state index in [1.807, 2.05) is 0 Å². The van der Waals surface area contributed by atoms with Crippen molar-refractivity contribution in [1.29, 1.82) is 0 Å². The molecule has 0 bridgehead atoms. The molecule has 268 valence electrons. The number of rotatable bonds is 11. The first-order valence-corrected chi connectivity index (χ1v) is 24.1. The van der Waals surface area contributed by atoms with Gasteiger partial charge in [0.05, 0.1) is 25.4 Å². The van der Waals surface area contributed by atoms with E-state index in [0.29, 0.717) is 29.7 Å². The molecule has 47 heavy (non-hydrogen) atoms. The normalized spacial score (nSPS) is 29.8. The van der Waals surface area contributed by atoms with Crippen LogP contribution >= 0.6 is 0 Å². The second-order valence-electron chi connectivity index (χ2n) is 18.5. The van der Waals surface area contributed by atoms with E-state index < -0.39 is 28.7 Å². The Labute approximate surface area is 291 Å². The van der Waals surface area contributed by atoms with Gasteiger partial charge in [-0.05, 0) is 116 Å². The summed E-state index contributed by atoms with van der Waals surface area (Å²) < 4.78 is 18.9. The minimum Gasteiger partial charge on any atom is -0.466 e. The molecule has 2 unspecified atom stereocenters. The molecule has 0 aromatic heterocycles. The highest BCUT2D eigenvalue weighted by Gasteiger charge is 2.51. The summed E-state index contributed by atoms with van der Waals surface area (Å²) in [5.41, 5.74) is 4.71. The monoisotopic (exact) mass is 686 g/mol. The third-order valence-electron chi connectivity index (χ3n) is 13.1. The molecule has 0 heterocycles. The van der Waals surface area contributed by atoms with Crippen LogP contribution in [0.25, 0.3) is 0 Å². The Hall–Kier alpha value is -1.26. The number of aliphatic hydroxyl groups excluding tert-OH is 1. The third kappa shape index (κ3) is 9.30. The lowest BCUT2D eigenvalue weighted by molar-refractivity contribution is -0.136. The Morgan fingerprint density at radius 2 is 1.53 bits per heavy atom. The van der Waals surface area contributed by atoms with Gasteiger partial charge in [-0.15, -0.1) is 0 Å². The lowest BCUT2D eigenvalue weighted by atomic mass is 9.60. The fourth-order valence-corrected chi connectivity index (χ4v) is 10.7. The molecule has 3 aliphatic carbocycles. The molecular formula is C40H70O5Si2. The van der Waals surface area contributed by atoms with Crippen molar-refractivity contribution < 1.29 is 23.5 Å². The molecule has 3 rings (SSSR count). The van der Waals surface area contributed by atoms with Crippen molar-refractivity contribution in [3.8, 4) is 0 Å². The molecule has 0 aromatic carbocycles. The summed E-state index contributed by atoms with van der Waals surface area (Å²) in [7, 11) is -2.66. The summed E-state index contributed by atoms with van der Waals surface area (Å²) >= 11 is 0. The van der Waals surface area contributed by atoms with E-state index in [-0.39, 0.29) is 34.1 Å². The molecule has 5 nitrogen and oxygen atoms in total. The number of aliphatic hydroxyl groups is 1. The number of hydrogen-bond donors (Lipinski definition) is 1. The number of esters is 1. The number of carbonyl (C=O) groups is 1. The van der Waals surface area contributed by atoms with E-state index in [9.17, 15) is 9.90 Å². The van der Waals surface area contributed by atoms with Crippen molar-refractivity contribution in [2.24, 2.45) is 23.2 Å². The summed E-state index contributed by atoms with van der Waals surface area (Å²) in [6.07, 6.45) is 13.0. The molecule has 3 fully saturated rings. The standard InChI is InChI=1S/C40H70O5Si2/c1-27(23-32(41)24-28(2)37(42)43-11)33-20-21-34-31(17-16-22-40(33,34)10)19-18-30-25-35(44-46(12,13)38(4,5)6)29(3)36(26-30)45-47(14,15)39(7,8)9/h18-19,27,32-36,41H,2-3,16-17,20-26H2,1,4-15H3/b31-19+/t27-,32+,33?,34?,35-,36-,40-/m1/s1. The number of allylic oxidation sites excluding steroid dienone is 3. The van der Waals surface area contributed by atoms with E-state index in [2.05, 4.69) is 107 Å². The van der Waals surface area contributed by atoms with E-state index in [1.54, 1.807) is 5.57 Å². The highest BCUT2D eigenvalue weighted by atomic mass is 28.4. The van der Waals surface area contributed by atoms with Gasteiger partial charge in [-0.1, -0.05) is 91.8 Å². The number of carbonyl (C=O) groups excluding carboxylic acids is 1. The second kappa shape index (κ2) is 14.9. The maximum Gasteiger partial charge on any atom is 0.333 e. The summed E-state index contributed by atoms with van der Waals surface area (Å²) in [5.74, 6) is 1.06. The van der Waals surface area contributed by atoms with Crippen molar-refractivity contribution in [2.45, 2.75) is 168 Å². The topological polar surface area (TPSA) is 65.0 Å². The van der Waals surface area contributed by atoms with Gasteiger partial charge in [0, 0.05) is 12.0 Å². The van der Waals surface area contributed by atoms with Crippen LogP contribution < -0.4 is 0 Å². The van der Waals surface area contributed by atoms with Crippen molar-refractivity contribution in [3.63, 3.8) is 0 Å². The van der Waals surface area contributed by atoms with E-state index in [4.69, 9.17) is 13.6 Å². The van der Waals surface area contributed by atoms with Gasteiger partial charge >= 0.3 is 5.97 Å². The zero-order valence-electron chi connectivity index (χ0n) is 32.5. The predicted molar refractivity (Wildman–Crippen MR) is 202 cm³/mol. The first-order valence-electron chi connectivity index (χ1n) is 18.3. The number of ether oxygens (including phenoxy) is 1. The zero-order valence-corrected chi connectivity index (χ0v) is 34.5. The maximum absolute atomic E-state index is 11.8. The minimum atomic E-state index is -2.01. The van der Waals surface area contributed by atoms with Gasteiger partial charge in [0.1, 0.15) is 0 Å². The fourth-order valence-electron chi connectivity index (χ4n) is 8.09. The lowest BCUT2D eigenvalue weighted by Crippen LogP contribution is -2.49. The van der Waals surface area contributed by atoms with Crippen LogP contribution in [-0.2, 0) is 18.4 Å². The molecule has 3 saturated carbocycles. The predicted octanol–water partition coefficient (Wildman–Crippen LogP) is 10.7. The summed E-state index contributed by atoms with van der Waals surface area (Å²) in [4.78, 5) is 11.8. The quantitative estimate of drug-likeness (QED) is 0.101. The van der Waals surface area contributed by atoms with Gasteiger partial charge in [-0.25, -0.2) is 4.79 Å². The molecule has 7 atom stereocenters. The van der Waals surface area contributed by atoms with E-state index in [0.717, 1.165) is 24.8 Å². The molecule has 7 heteroatoms. The first kappa shape index (κ1) is 40.2. The Morgan fingerprint density at radius 1 is 1.00 bits per heavy atom. The SMILES string of the molecule is C=C(C[C@@H](O)C[C@@H](C)C1CCC2/C(=C/C=C3C[C@@H](O[Si](C)(C)C(C)(C)C)C(=C)[C@H](O[Si](C)(C)C(C)(C)C)C3)CCC[C@@]21C)C(=O)OC. The Bertz CT molecular complexity index is 1170. The van der Waals surface area contributed by atoms with Crippen molar-refractivity contribution in [2.75, 3.05) is 7.11 Å². The van der Waals surface area contributed by atoms with Gasteiger partial charge in [-0.3, -0.25) is 0 Å². The highest BCUT2D eigenvalue weighted by molar-refractivity contribution is 6.74. The van der Waals surface area contributed by atoms with Crippen molar-refractivity contribution in [1.82, 2.24) is 0 Å². The molecule has 0 spiro atoms. The molecule has 0 radical (unpaired) electrons. The van der Waals surface area contributed by atoms with Crippen LogP contribution in [0.15, 0.2) is 47.6 Å². The number of fused-ring (bicyclic) bond motifs is 1. The largest absolute Gasteiger partial charge is 0.466 e. The van der Waals surface area contributed by atoms with Crippen LogP contribution in [0, 0.1) is 23.2 Å². The van der Waals surface area contributed by atoms with Crippen LogP contribution in [0.2, 0.25) is 36.3 Å². The number of methoxy groups -OCH3 is 1. The summed E-state index contributed by atoms with van der Waals surface area (Å²) in [5, 5.41) is 11.1. The fraction of sp³-hybridized carbons (Fsp3) is 0.775. The average Bonchev–Trinajstić information content (AvgIpc) is 3.29. The maximum atomic E-state index is 11.8. The first-order chi connectivity index (χ1) is 21.4. The molecule has 0 amide bonds. The van der Waals surface area contributed by atoms with Crippen LogP contribution in [0.4, 0.5) is 0 Å². The van der Waals surface area contributed by atoms with E-state index >= 15 is 0 Å². The van der Waals surface area contributed by atoms with Crippen molar-refractivity contribution in [3.05, 3.63) is 47.6 Å². The van der Waals surface area contributed by atoms with Crippen LogP contribution in [0.1, 0.15) is 113 Å². The Morgan fingerprint density at radius 3 is 2.02 bits per heavy atom. The molecule has 1 N–H and O–H groups in total. The van der Waals surface area contributed by atoms with Gasteiger partial charge in [0.2, 0.25) is 0 Å². The molecule has 0 aliphatic heterocycles. The molecule has 3 aliphatic rings. The van der Waals surface area contributed by atoms with Gasteiger partial charge in [-0.2, -0.15) is 0 Å². The van der Waals surface area contributed by atoms with E-state index in [1.165, 1.54) is 38.4 Å². The lowest BCUT2D eigenvalue weighted by Gasteiger charge is -2.46. The van der Waals surface area contributed by atoms with Gasteiger partial charge < -0.3 is 18.7 Å². The van der Waals surface area contributed by atoms with Crippen LogP contribution in [0.5, 0.6) is 0 Å². The molecular weight excluding hydrogens is 617 g/mol. The average molecular weight is 687 g/mol. The Kier molecular flexibility index (Phi) is 12.8. The third-order valence-corrected chi connectivity index (χ3v) is 22.0. The summed E-state index contributed by atoms with van der Waals surface area (Å²) in [6.45, 7) is 36.5. The van der Waals surface area contributed by atoms with Crippen LogP contribution in [0.3, 0.4) is 0 Å². The minimum absolute atomic E-state index is 0.0147. The van der Waals surface area contributed by atoms with Crippen LogP contribution in [-0.4, -0.2) is 53.1 Å². The number of hydrogen-bond acceptors (Lipinski definition) is 5. The van der Waals surface area contributed by atoms with Gasteiger partial charge in [0.15, 0.2) is 16.6 Å². The Balaban J connectivity index is 1.84. The molecule has 0 saturated heterocycles. The van der Waals surface area contributed by atoms with Crippen molar-refractivity contribution >= 4 is 22.6 Å². The zero-order chi connectivity index (χ0) is 35.8. The molecule has 0 aromatic rings. The highest BCUT2D eigenvalue weighted by Crippen LogP contribution is 2.60. The smallest absolute Gasteiger partial charge is 0.333 e. The van der Waals surface area contributed by atoms with Gasteiger partial charge in [0.25, 0.3) is 0 Å². The summed E-state index contributed by atoms with van der Waals surface area (Å²) in [6, 6.07) is 0. The second-order valence-corrected chi connectivity index (χ2v) is 28.1.